The lowest BCUT2D eigenvalue weighted by molar-refractivity contribution is 0.952. The molecular formula is C16H20Si. The van der Waals surface area contributed by atoms with E-state index in [1.807, 2.05) is 0 Å². The van der Waals surface area contributed by atoms with Crippen molar-refractivity contribution in [3.05, 3.63) is 64.7 Å². The Labute approximate surface area is 107 Å². The highest BCUT2D eigenvalue weighted by Gasteiger charge is 2.04. The Morgan fingerprint density at radius 1 is 0.882 bits per heavy atom. The van der Waals surface area contributed by atoms with Crippen molar-refractivity contribution < 1.29 is 0 Å². The molecule has 0 saturated carbocycles. The molecule has 2 aromatic rings. The van der Waals surface area contributed by atoms with Gasteiger partial charge in [0.2, 0.25) is 0 Å². The Kier molecular flexibility index (Phi) is 3.80. The molecule has 17 heavy (non-hydrogen) atoms. The van der Waals surface area contributed by atoms with E-state index in [1.165, 1.54) is 23.1 Å². The summed E-state index contributed by atoms with van der Waals surface area (Å²) in [5, 5.41) is 1.56. The summed E-state index contributed by atoms with van der Waals surface area (Å²) in [7, 11) is 1.15. The van der Waals surface area contributed by atoms with Gasteiger partial charge in [0, 0.05) is 10.2 Å². The van der Waals surface area contributed by atoms with E-state index in [0.29, 0.717) is 0 Å². The van der Waals surface area contributed by atoms with Crippen molar-refractivity contribution in [3.8, 4) is 0 Å². The zero-order valence-corrected chi connectivity index (χ0v) is 13.0. The first kappa shape index (κ1) is 12.1. The van der Waals surface area contributed by atoms with Crippen molar-refractivity contribution in [1.82, 2.24) is 0 Å². The van der Waals surface area contributed by atoms with Crippen molar-refractivity contribution in [2.24, 2.45) is 0 Å². The van der Waals surface area contributed by atoms with Crippen LogP contribution >= 0.6 is 0 Å². The van der Waals surface area contributed by atoms with Gasteiger partial charge in [-0.15, -0.1) is 0 Å². The number of rotatable bonds is 3. The predicted octanol–water partition coefficient (Wildman–Crippen LogP) is 2.08. The second kappa shape index (κ2) is 5.33. The molecule has 0 spiro atoms. The molecule has 2 aromatic carbocycles. The van der Waals surface area contributed by atoms with Crippen molar-refractivity contribution in [2.75, 3.05) is 0 Å². The highest BCUT2D eigenvalue weighted by Crippen LogP contribution is 2.13. The van der Waals surface area contributed by atoms with Gasteiger partial charge in [-0.2, -0.15) is 0 Å². The van der Waals surface area contributed by atoms with E-state index in [9.17, 15) is 0 Å². The topological polar surface area (TPSA) is 0 Å². The molecule has 0 N–H and O–H groups in total. The maximum atomic E-state index is 2.30. The SMILES string of the molecule is Cc1ccc([SiH3])c(CCc2ccccc2)c1C. The molecule has 0 unspecified atom stereocenters. The van der Waals surface area contributed by atoms with Crippen LogP contribution in [0.15, 0.2) is 42.5 Å². The van der Waals surface area contributed by atoms with Crippen molar-refractivity contribution in [2.45, 2.75) is 26.7 Å². The van der Waals surface area contributed by atoms with Crippen molar-refractivity contribution >= 4 is 15.4 Å². The minimum Gasteiger partial charge on any atom is -0.0673 e. The van der Waals surface area contributed by atoms with Gasteiger partial charge in [-0.3, -0.25) is 0 Å². The van der Waals surface area contributed by atoms with Gasteiger partial charge in [-0.1, -0.05) is 47.7 Å². The van der Waals surface area contributed by atoms with Crippen LogP contribution in [-0.2, 0) is 12.8 Å². The van der Waals surface area contributed by atoms with Gasteiger partial charge in [0.25, 0.3) is 0 Å². The van der Waals surface area contributed by atoms with Gasteiger partial charge in [0.1, 0.15) is 0 Å². The van der Waals surface area contributed by atoms with Crippen LogP contribution < -0.4 is 5.19 Å². The Balaban J connectivity index is 2.17. The molecule has 0 nitrogen and oxygen atoms in total. The lowest BCUT2D eigenvalue weighted by Crippen LogP contribution is -2.14. The monoisotopic (exact) mass is 240 g/mol. The quantitative estimate of drug-likeness (QED) is 0.721. The van der Waals surface area contributed by atoms with Crippen molar-refractivity contribution in [3.63, 3.8) is 0 Å². The second-order valence-electron chi connectivity index (χ2n) is 4.79. The van der Waals surface area contributed by atoms with Crippen LogP contribution in [0.1, 0.15) is 22.3 Å². The van der Waals surface area contributed by atoms with Gasteiger partial charge in [0.15, 0.2) is 0 Å². The Morgan fingerprint density at radius 3 is 2.29 bits per heavy atom. The van der Waals surface area contributed by atoms with Gasteiger partial charge in [-0.25, -0.2) is 0 Å². The molecule has 2 rings (SSSR count). The third-order valence-corrected chi connectivity index (χ3v) is 4.55. The Morgan fingerprint density at radius 2 is 1.59 bits per heavy atom. The molecule has 0 amide bonds. The molecule has 0 aliphatic heterocycles. The van der Waals surface area contributed by atoms with Crippen LogP contribution in [-0.4, -0.2) is 10.2 Å². The molecule has 0 aromatic heterocycles. The number of hydrogen-bond acceptors (Lipinski definition) is 0. The summed E-state index contributed by atoms with van der Waals surface area (Å²) in [6, 6.07) is 15.3. The largest absolute Gasteiger partial charge is 0.0673 e. The summed E-state index contributed by atoms with van der Waals surface area (Å²) in [6.45, 7) is 4.47. The zero-order valence-electron chi connectivity index (χ0n) is 11.0. The minimum atomic E-state index is 1.15. The maximum absolute atomic E-state index is 2.30. The number of hydrogen-bond donors (Lipinski definition) is 0. The van der Waals surface area contributed by atoms with E-state index < -0.39 is 0 Å². The van der Waals surface area contributed by atoms with E-state index in [1.54, 1.807) is 10.8 Å². The highest BCUT2D eigenvalue weighted by molar-refractivity contribution is 6.33. The fourth-order valence-corrected chi connectivity index (χ4v) is 3.10. The molecule has 0 bridgehead atoms. The summed E-state index contributed by atoms with van der Waals surface area (Å²) in [5.41, 5.74) is 5.94. The zero-order chi connectivity index (χ0) is 12.3. The van der Waals surface area contributed by atoms with Crippen LogP contribution in [0, 0.1) is 13.8 Å². The van der Waals surface area contributed by atoms with Crippen molar-refractivity contribution in [1.29, 1.82) is 0 Å². The number of benzene rings is 2. The van der Waals surface area contributed by atoms with Gasteiger partial charge < -0.3 is 0 Å². The second-order valence-corrected chi connectivity index (χ2v) is 5.87. The molecule has 1 heteroatoms. The maximum Gasteiger partial charge on any atom is 0.0388 e. The molecule has 0 aliphatic carbocycles. The minimum absolute atomic E-state index is 1.15. The molecule has 0 heterocycles. The molecule has 0 saturated heterocycles. The molecule has 0 aliphatic rings. The molecular weight excluding hydrogens is 220 g/mol. The molecule has 0 fully saturated rings. The van der Waals surface area contributed by atoms with Gasteiger partial charge in [0.05, 0.1) is 0 Å². The molecule has 88 valence electrons. The lowest BCUT2D eigenvalue weighted by Gasteiger charge is -2.12. The first-order valence-electron chi connectivity index (χ1n) is 6.28. The average molecular weight is 240 g/mol. The summed E-state index contributed by atoms with van der Waals surface area (Å²) in [6.07, 6.45) is 2.33. The third kappa shape index (κ3) is 2.86. The van der Waals surface area contributed by atoms with E-state index in [-0.39, 0.29) is 0 Å². The fraction of sp³-hybridized carbons (Fsp3) is 0.250. The fourth-order valence-electron chi connectivity index (χ4n) is 2.31. The predicted molar refractivity (Wildman–Crippen MR) is 79.3 cm³/mol. The lowest BCUT2D eigenvalue weighted by atomic mass is 9.97. The van der Waals surface area contributed by atoms with Crippen LogP contribution in [0.4, 0.5) is 0 Å². The van der Waals surface area contributed by atoms with E-state index >= 15 is 0 Å². The summed E-state index contributed by atoms with van der Waals surface area (Å²) < 4.78 is 0. The standard InChI is InChI=1S/C16H20Si/c1-12-8-11-16(17)15(13(12)2)10-9-14-6-4-3-5-7-14/h3-8,11H,9-10H2,1-2,17H3. The molecule has 0 atom stereocenters. The van der Waals surface area contributed by atoms with Gasteiger partial charge >= 0.3 is 0 Å². The van der Waals surface area contributed by atoms with Crippen LogP contribution in [0.25, 0.3) is 0 Å². The summed E-state index contributed by atoms with van der Waals surface area (Å²) >= 11 is 0. The molecule has 0 radical (unpaired) electrons. The van der Waals surface area contributed by atoms with E-state index in [0.717, 1.165) is 16.7 Å². The first-order valence-corrected chi connectivity index (χ1v) is 7.28. The smallest absolute Gasteiger partial charge is 0.0388 e. The number of aryl methyl sites for hydroxylation is 2. The Bertz CT molecular complexity index is 500. The normalized spacial score (nSPS) is 10.7. The third-order valence-electron chi connectivity index (χ3n) is 3.61. The highest BCUT2D eigenvalue weighted by atomic mass is 28.1. The van der Waals surface area contributed by atoms with Crippen LogP contribution in [0.5, 0.6) is 0 Å². The summed E-state index contributed by atoms with van der Waals surface area (Å²) in [4.78, 5) is 0. The van der Waals surface area contributed by atoms with E-state index in [4.69, 9.17) is 0 Å². The van der Waals surface area contributed by atoms with Gasteiger partial charge in [-0.05, 0) is 48.9 Å². The van der Waals surface area contributed by atoms with Crippen LogP contribution in [0.3, 0.4) is 0 Å². The first-order chi connectivity index (χ1) is 8.18. The average Bonchev–Trinajstić information content (AvgIpc) is 2.35. The summed E-state index contributed by atoms with van der Waals surface area (Å²) in [5.74, 6) is 0. The van der Waals surface area contributed by atoms with Crippen LogP contribution in [0.2, 0.25) is 0 Å². The Hall–Kier alpha value is -1.34. The van der Waals surface area contributed by atoms with E-state index in [2.05, 4.69) is 56.3 Å².